The van der Waals surface area contributed by atoms with E-state index in [1.54, 1.807) is 16.9 Å². The summed E-state index contributed by atoms with van der Waals surface area (Å²) in [6, 6.07) is 5.36. The highest BCUT2D eigenvalue weighted by molar-refractivity contribution is 5.93. The van der Waals surface area contributed by atoms with Crippen LogP contribution in [0.25, 0.3) is 22.2 Å². The molecule has 38 heavy (non-hydrogen) atoms. The third-order valence-electron chi connectivity index (χ3n) is 6.88. The minimum Gasteiger partial charge on any atom is -0.473 e. The van der Waals surface area contributed by atoms with Gasteiger partial charge in [-0.1, -0.05) is 0 Å². The van der Waals surface area contributed by atoms with Crippen molar-refractivity contribution in [2.24, 2.45) is 0 Å². The number of anilines is 1. The molecule has 0 spiro atoms. The molecule has 12 heteroatoms. The second kappa shape index (κ2) is 11.3. The standard InChI is InChI=1S/C26H34N8O4/c1-3-27-23-11-22-21(13-28-23)26(17-12-29-32(14-17)15-19(36)16-35)31-34(22)18-5-7-20(8-6-18)38-24-9-10-25(37)33(4-2)30-24/h9-14,18-20,35-36H,3-8,15-16H2,1-2H3,(H,27,28)/t18?,19-,20?/m1/s1. The number of fused-ring (bicyclic) bond motifs is 1. The van der Waals surface area contributed by atoms with Crippen LogP contribution in [0.3, 0.4) is 0 Å². The fourth-order valence-electron chi connectivity index (χ4n) is 4.96. The minimum absolute atomic E-state index is 0.0259. The summed E-state index contributed by atoms with van der Waals surface area (Å²) in [5.74, 6) is 1.27. The molecule has 0 saturated heterocycles. The molecular weight excluding hydrogens is 488 g/mol. The molecule has 4 aromatic heterocycles. The minimum atomic E-state index is -0.876. The molecule has 202 valence electrons. The lowest BCUT2D eigenvalue weighted by molar-refractivity contribution is 0.0783. The molecule has 5 rings (SSSR count). The lowest BCUT2D eigenvalue weighted by Crippen LogP contribution is -2.28. The van der Waals surface area contributed by atoms with Gasteiger partial charge in [0.05, 0.1) is 37.0 Å². The molecular formula is C26H34N8O4. The molecule has 0 bridgehead atoms. The SMILES string of the molecule is CCNc1cc2c(cn1)c(-c1cnn(C[C@@H](O)CO)c1)nn2C1CCC(Oc2ccc(=O)n(CC)n2)CC1. The maximum atomic E-state index is 11.8. The van der Waals surface area contributed by atoms with Gasteiger partial charge in [-0.3, -0.25) is 14.2 Å². The Balaban J connectivity index is 1.38. The summed E-state index contributed by atoms with van der Waals surface area (Å²) in [6.45, 7) is 5.06. The molecule has 1 fully saturated rings. The third-order valence-corrected chi connectivity index (χ3v) is 6.88. The van der Waals surface area contributed by atoms with E-state index < -0.39 is 6.10 Å². The smallest absolute Gasteiger partial charge is 0.266 e. The van der Waals surface area contributed by atoms with Crippen molar-refractivity contribution in [3.8, 4) is 17.1 Å². The highest BCUT2D eigenvalue weighted by Gasteiger charge is 2.27. The first-order chi connectivity index (χ1) is 18.5. The molecule has 0 amide bonds. The molecule has 12 nitrogen and oxygen atoms in total. The highest BCUT2D eigenvalue weighted by Crippen LogP contribution is 2.36. The average molecular weight is 523 g/mol. The Kier molecular flexibility index (Phi) is 7.70. The average Bonchev–Trinajstić information content (AvgIpc) is 3.54. The fourth-order valence-corrected chi connectivity index (χ4v) is 4.96. The third kappa shape index (κ3) is 5.41. The van der Waals surface area contributed by atoms with Crippen LogP contribution in [0, 0.1) is 0 Å². The molecule has 4 heterocycles. The van der Waals surface area contributed by atoms with Gasteiger partial charge >= 0.3 is 0 Å². The van der Waals surface area contributed by atoms with Crippen molar-refractivity contribution in [1.29, 1.82) is 0 Å². The van der Waals surface area contributed by atoms with E-state index in [2.05, 4.69) is 25.2 Å². The first-order valence-corrected chi connectivity index (χ1v) is 13.2. The second-order valence-electron chi connectivity index (χ2n) is 9.57. The Morgan fingerprint density at radius 2 is 1.97 bits per heavy atom. The summed E-state index contributed by atoms with van der Waals surface area (Å²) in [5.41, 5.74) is 2.47. The van der Waals surface area contributed by atoms with Crippen molar-refractivity contribution < 1.29 is 14.9 Å². The van der Waals surface area contributed by atoms with Crippen LogP contribution < -0.4 is 15.6 Å². The van der Waals surface area contributed by atoms with Crippen molar-refractivity contribution in [2.75, 3.05) is 18.5 Å². The number of rotatable bonds is 10. The lowest BCUT2D eigenvalue weighted by Gasteiger charge is -2.29. The molecule has 1 atom stereocenters. The molecule has 3 N–H and O–H groups in total. The van der Waals surface area contributed by atoms with Gasteiger partial charge in [-0.25, -0.2) is 9.67 Å². The molecule has 4 aromatic rings. The molecule has 0 unspecified atom stereocenters. The number of nitrogens with one attached hydrogen (secondary N) is 1. The molecule has 1 saturated carbocycles. The Morgan fingerprint density at radius 1 is 1.16 bits per heavy atom. The summed E-state index contributed by atoms with van der Waals surface area (Å²) >= 11 is 0. The zero-order valence-corrected chi connectivity index (χ0v) is 21.7. The topological polar surface area (TPSA) is 145 Å². The monoisotopic (exact) mass is 522 g/mol. The van der Waals surface area contributed by atoms with E-state index in [-0.39, 0.29) is 30.9 Å². The van der Waals surface area contributed by atoms with Crippen LogP contribution in [-0.2, 0) is 13.1 Å². The van der Waals surface area contributed by atoms with Crippen molar-refractivity contribution in [2.45, 2.75) is 70.9 Å². The van der Waals surface area contributed by atoms with Gasteiger partial charge in [0.15, 0.2) is 0 Å². The second-order valence-corrected chi connectivity index (χ2v) is 9.57. The van der Waals surface area contributed by atoms with Crippen molar-refractivity contribution in [3.05, 3.63) is 47.1 Å². The number of pyridine rings is 1. The zero-order chi connectivity index (χ0) is 26.6. The van der Waals surface area contributed by atoms with Crippen LogP contribution in [0.2, 0.25) is 0 Å². The van der Waals surface area contributed by atoms with Crippen LogP contribution in [0.1, 0.15) is 45.6 Å². The maximum Gasteiger partial charge on any atom is 0.266 e. The number of aromatic nitrogens is 7. The lowest BCUT2D eigenvalue weighted by atomic mass is 9.93. The van der Waals surface area contributed by atoms with E-state index in [1.807, 2.05) is 32.3 Å². The molecule has 1 aliphatic rings. The number of hydrogen-bond acceptors (Lipinski definition) is 9. The van der Waals surface area contributed by atoms with Crippen LogP contribution in [0.5, 0.6) is 5.88 Å². The van der Waals surface area contributed by atoms with Crippen molar-refractivity contribution in [1.82, 2.24) is 34.3 Å². The normalized spacial score (nSPS) is 18.5. The summed E-state index contributed by atoms with van der Waals surface area (Å²) in [7, 11) is 0. The number of aliphatic hydroxyl groups excluding tert-OH is 2. The number of ether oxygens (including phenoxy) is 1. The van der Waals surface area contributed by atoms with Gasteiger partial charge < -0.3 is 20.3 Å². The summed E-state index contributed by atoms with van der Waals surface area (Å²) < 4.78 is 11.2. The summed E-state index contributed by atoms with van der Waals surface area (Å²) in [6.07, 6.45) is 8.00. The van der Waals surface area contributed by atoms with E-state index >= 15 is 0 Å². The van der Waals surface area contributed by atoms with E-state index in [0.717, 1.165) is 60.2 Å². The molecule has 0 radical (unpaired) electrons. The van der Waals surface area contributed by atoms with Crippen LogP contribution in [0.15, 0.2) is 41.6 Å². The fraction of sp³-hybridized carbons (Fsp3) is 0.500. The Morgan fingerprint density at radius 3 is 2.71 bits per heavy atom. The van der Waals surface area contributed by atoms with E-state index in [1.165, 1.54) is 10.7 Å². The van der Waals surface area contributed by atoms with E-state index in [9.17, 15) is 9.90 Å². The number of hydrogen-bond donors (Lipinski definition) is 3. The maximum absolute atomic E-state index is 11.8. The Labute approximate surface area is 219 Å². The zero-order valence-electron chi connectivity index (χ0n) is 21.7. The Bertz CT molecular complexity index is 1440. The van der Waals surface area contributed by atoms with E-state index in [4.69, 9.17) is 14.9 Å². The van der Waals surface area contributed by atoms with Crippen molar-refractivity contribution in [3.63, 3.8) is 0 Å². The van der Waals surface area contributed by atoms with Crippen LogP contribution in [0.4, 0.5) is 5.82 Å². The molecule has 0 aromatic carbocycles. The van der Waals surface area contributed by atoms with Gasteiger partial charge in [-0.2, -0.15) is 10.2 Å². The van der Waals surface area contributed by atoms with Gasteiger partial charge in [0.2, 0.25) is 5.88 Å². The van der Waals surface area contributed by atoms with Crippen LogP contribution >= 0.6 is 0 Å². The van der Waals surface area contributed by atoms with Gasteiger partial charge in [0, 0.05) is 54.6 Å². The molecule has 0 aliphatic heterocycles. The largest absolute Gasteiger partial charge is 0.473 e. The van der Waals surface area contributed by atoms with E-state index in [0.29, 0.717) is 12.4 Å². The summed E-state index contributed by atoms with van der Waals surface area (Å²) in [4.78, 5) is 16.4. The van der Waals surface area contributed by atoms with Gasteiger partial charge in [-0.15, -0.1) is 5.10 Å². The molecule has 1 aliphatic carbocycles. The van der Waals surface area contributed by atoms with Gasteiger partial charge in [0.1, 0.15) is 17.6 Å². The Hall–Kier alpha value is -3.77. The van der Waals surface area contributed by atoms with Gasteiger partial charge in [0.25, 0.3) is 5.56 Å². The highest BCUT2D eigenvalue weighted by atomic mass is 16.5. The number of aryl methyl sites for hydroxylation is 1. The number of nitrogens with zero attached hydrogens (tertiary/aromatic N) is 7. The van der Waals surface area contributed by atoms with Crippen LogP contribution in [-0.4, -0.2) is 69.9 Å². The first-order valence-electron chi connectivity index (χ1n) is 13.2. The predicted molar refractivity (Wildman–Crippen MR) is 142 cm³/mol. The number of aliphatic hydroxyl groups is 2. The predicted octanol–water partition coefficient (Wildman–Crippen LogP) is 2.22. The summed E-state index contributed by atoms with van der Waals surface area (Å²) in [5, 5.41) is 36.9. The quantitative estimate of drug-likeness (QED) is 0.285. The first kappa shape index (κ1) is 25.9. The van der Waals surface area contributed by atoms with Crippen molar-refractivity contribution >= 4 is 16.7 Å². The van der Waals surface area contributed by atoms with Gasteiger partial charge in [-0.05, 0) is 39.5 Å².